The van der Waals surface area contributed by atoms with Crippen molar-refractivity contribution in [2.45, 2.75) is 59.2 Å². The Hall–Kier alpha value is -4.51. The molecule has 8 nitrogen and oxygen atoms in total. The summed E-state index contributed by atoms with van der Waals surface area (Å²) < 4.78 is 5.34. The molecule has 0 fully saturated rings. The van der Waals surface area contributed by atoms with Crippen molar-refractivity contribution in [3.05, 3.63) is 71.8 Å². The van der Waals surface area contributed by atoms with E-state index in [0.29, 0.717) is 16.8 Å². The summed E-state index contributed by atoms with van der Waals surface area (Å²) in [4.78, 5) is 41.1. The number of phenols is 1. The molecule has 0 bridgehead atoms. The van der Waals surface area contributed by atoms with Gasteiger partial charge in [0, 0.05) is 11.7 Å². The highest BCUT2D eigenvalue weighted by Gasteiger charge is 2.37. The number of nitrogens with one attached hydrogen (secondary N) is 2. The molecule has 0 aliphatic rings. The van der Waals surface area contributed by atoms with E-state index >= 15 is 0 Å². The number of phenolic OH excluding ortho intramolecular Hbond substituents is 1. The molecule has 0 saturated carbocycles. The van der Waals surface area contributed by atoms with Gasteiger partial charge in [-0.25, -0.2) is 4.79 Å². The Kier molecular flexibility index (Phi) is 8.87. The number of amides is 3. The lowest BCUT2D eigenvalue weighted by molar-refractivity contribution is -0.137. The van der Waals surface area contributed by atoms with Crippen molar-refractivity contribution < 1.29 is 24.2 Å². The third kappa shape index (κ3) is 7.29. The average Bonchev–Trinajstić information content (AvgIpc) is 2.85. The Balaban J connectivity index is 2.00. The molecule has 0 aromatic heterocycles. The first-order valence-corrected chi connectivity index (χ1v) is 12.7. The number of fused-ring (bicyclic) bond motifs is 1. The molecule has 39 heavy (non-hydrogen) atoms. The normalized spacial score (nSPS) is 12.8. The number of hydrogen-bond acceptors (Lipinski definition) is 5. The van der Waals surface area contributed by atoms with Gasteiger partial charge in [-0.2, -0.15) is 0 Å². The number of aryl methyl sites for hydroxylation is 1. The highest BCUT2D eigenvalue weighted by Crippen LogP contribution is 2.29. The summed E-state index contributed by atoms with van der Waals surface area (Å²) in [6, 6.07) is 17.8. The highest BCUT2D eigenvalue weighted by atomic mass is 16.6. The predicted molar refractivity (Wildman–Crippen MR) is 152 cm³/mol. The summed E-state index contributed by atoms with van der Waals surface area (Å²) in [6.07, 6.45) is 5.06. The van der Waals surface area contributed by atoms with Gasteiger partial charge < -0.3 is 20.5 Å². The minimum Gasteiger partial charge on any atom is -0.508 e. The largest absolute Gasteiger partial charge is 0.508 e. The zero-order valence-electron chi connectivity index (χ0n) is 23.1. The highest BCUT2D eigenvalue weighted by molar-refractivity contribution is 6.01. The number of rotatable bonds is 7. The van der Waals surface area contributed by atoms with Crippen LogP contribution in [-0.4, -0.2) is 39.6 Å². The van der Waals surface area contributed by atoms with E-state index in [-0.39, 0.29) is 11.7 Å². The molecule has 0 heterocycles. The standard InChI is InChI=1S/C31H35N3O5/c1-8-34(29(37)26(19(2)3)33-30(38)39-31(5,6)7)27(23-14-16-25(35)20(4)17-23)28(36)32-24-15-13-21-11-9-10-12-22(21)18-24/h1,9-19,26-27,35H,2-7H3,(H,32,36)(H,33,38). The van der Waals surface area contributed by atoms with Crippen LogP contribution >= 0.6 is 0 Å². The molecule has 0 radical (unpaired) electrons. The molecule has 3 aromatic rings. The minimum absolute atomic E-state index is 0.0395. The molecule has 8 heteroatoms. The van der Waals surface area contributed by atoms with Gasteiger partial charge in [0.2, 0.25) is 0 Å². The van der Waals surface area contributed by atoms with Crippen molar-refractivity contribution in [1.82, 2.24) is 10.2 Å². The van der Waals surface area contributed by atoms with E-state index in [1.165, 1.54) is 12.1 Å². The van der Waals surface area contributed by atoms with E-state index in [1.807, 2.05) is 36.4 Å². The molecule has 0 aliphatic heterocycles. The number of benzene rings is 3. The number of carbonyl (C=O) groups excluding carboxylic acids is 3. The van der Waals surface area contributed by atoms with Gasteiger partial charge in [0.15, 0.2) is 0 Å². The summed E-state index contributed by atoms with van der Waals surface area (Å²) in [5.41, 5.74) is 0.657. The van der Waals surface area contributed by atoms with E-state index in [4.69, 9.17) is 11.2 Å². The Morgan fingerprint density at radius 1 is 1.00 bits per heavy atom. The first kappa shape index (κ1) is 29.1. The number of ether oxygens (including phenoxy) is 1. The van der Waals surface area contributed by atoms with Gasteiger partial charge in [-0.15, -0.1) is 0 Å². The van der Waals surface area contributed by atoms with Crippen molar-refractivity contribution in [2.75, 3.05) is 5.32 Å². The monoisotopic (exact) mass is 529 g/mol. The Labute approximate surface area is 229 Å². The van der Waals surface area contributed by atoms with Crippen molar-refractivity contribution in [3.63, 3.8) is 0 Å². The van der Waals surface area contributed by atoms with Gasteiger partial charge in [-0.1, -0.05) is 56.7 Å². The van der Waals surface area contributed by atoms with Crippen LogP contribution in [0.25, 0.3) is 10.8 Å². The summed E-state index contributed by atoms with van der Waals surface area (Å²) in [5, 5.41) is 17.5. The van der Waals surface area contributed by atoms with E-state index in [2.05, 4.69) is 16.7 Å². The minimum atomic E-state index is -1.25. The van der Waals surface area contributed by atoms with Gasteiger partial charge in [-0.3, -0.25) is 14.5 Å². The fourth-order valence-corrected chi connectivity index (χ4v) is 4.11. The fraction of sp³-hybridized carbons (Fsp3) is 0.323. The Morgan fingerprint density at radius 2 is 1.67 bits per heavy atom. The molecular formula is C31H35N3O5. The molecule has 3 rings (SSSR count). The number of terminal acetylenes is 1. The van der Waals surface area contributed by atoms with Crippen LogP contribution in [0.5, 0.6) is 5.75 Å². The maximum absolute atomic E-state index is 13.8. The molecule has 3 amide bonds. The maximum atomic E-state index is 13.8. The summed E-state index contributed by atoms with van der Waals surface area (Å²) >= 11 is 0. The summed E-state index contributed by atoms with van der Waals surface area (Å²) in [6.45, 7) is 10.3. The molecule has 2 atom stereocenters. The average molecular weight is 530 g/mol. The second-order valence-corrected chi connectivity index (χ2v) is 10.7. The third-order valence-corrected chi connectivity index (χ3v) is 6.04. The predicted octanol–water partition coefficient (Wildman–Crippen LogP) is 5.50. The molecule has 3 aromatic carbocycles. The molecule has 0 spiro atoms. The second kappa shape index (κ2) is 11.9. The third-order valence-electron chi connectivity index (χ3n) is 6.04. The maximum Gasteiger partial charge on any atom is 0.408 e. The van der Waals surface area contributed by atoms with Crippen LogP contribution in [0.4, 0.5) is 10.5 Å². The number of nitrogens with zero attached hydrogens (tertiary/aromatic N) is 1. The molecule has 3 N–H and O–H groups in total. The SMILES string of the molecule is C#CN(C(=O)C(NC(=O)OC(C)(C)C)C(C)C)C(C(=O)Nc1ccc2ccccc2c1)c1ccc(O)c(C)c1. The van der Waals surface area contributed by atoms with E-state index in [1.54, 1.807) is 53.7 Å². The lowest BCUT2D eigenvalue weighted by Gasteiger charge is -2.32. The van der Waals surface area contributed by atoms with Crippen LogP contribution in [0.3, 0.4) is 0 Å². The van der Waals surface area contributed by atoms with Gasteiger partial charge >= 0.3 is 6.09 Å². The number of aromatic hydroxyl groups is 1. The molecule has 204 valence electrons. The van der Waals surface area contributed by atoms with Crippen molar-refractivity contribution in [2.24, 2.45) is 5.92 Å². The smallest absolute Gasteiger partial charge is 0.408 e. The number of hydrogen-bond donors (Lipinski definition) is 3. The van der Waals surface area contributed by atoms with E-state index in [0.717, 1.165) is 15.7 Å². The first-order valence-electron chi connectivity index (χ1n) is 12.7. The topological polar surface area (TPSA) is 108 Å². The van der Waals surface area contributed by atoms with Gasteiger partial charge in [0.1, 0.15) is 23.4 Å². The Bertz CT molecular complexity index is 1420. The van der Waals surface area contributed by atoms with Crippen LogP contribution < -0.4 is 10.6 Å². The van der Waals surface area contributed by atoms with Crippen LogP contribution in [0.1, 0.15) is 51.8 Å². The van der Waals surface area contributed by atoms with Gasteiger partial charge in [-0.05, 0) is 79.8 Å². The van der Waals surface area contributed by atoms with Crippen molar-refractivity contribution in [3.8, 4) is 18.2 Å². The van der Waals surface area contributed by atoms with Crippen molar-refractivity contribution in [1.29, 1.82) is 0 Å². The lowest BCUT2D eigenvalue weighted by Crippen LogP contribution is -2.53. The lowest BCUT2D eigenvalue weighted by atomic mass is 9.98. The van der Waals surface area contributed by atoms with E-state index in [9.17, 15) is 19.5 Å². The zero-order valence-corrected chi connectivity index (χ0v) is 23.1. The number of carbonyl (C=O) groups is 3. The Morgan fingerprint density at radius 3 is 2.26 bits per heavy atom. The van der Waals surface area contributed by atoms with Gasteiger partial charge in [0.05, 0.1) is 0 Å². The molecule has 0 saturated heterocycles. The van der Waals surface area contributed by atoms with Crippen LogP contribution in [0.15, 0.2) is 60.7 Å². The number of anilines is 1. The zero-order chi connectivity index (χ0) is 28.9. The van der Waals surface area contributed by atoms with Crippen LogP contribution in [0.2, 0.25) is 0 Å². The fourth-order valence-electron chi connectivity index (χ4n) is 4.11. The quantitative estimate of drug-likeness (QED) is 0.277. The van der Waals surface area contributed by atoms with Crippen LogP contribution in [-0.2, 0) is 14.3 Å². The summed E-state index contributed by atoms with van der Waals surface area (Å²) in [5.74, 6) is -1.53. The molecular weight excluding hydrogens is 494 g/mol. The molecule has 2 unspecified atom stereocenters. The summed E-state index contributed by atoms with van der Waals surface area (Å²) in [7, 11) is 0. The number of alkyl carbamates (subject to hydrolysis) is 1. The second-order valence-electron chi connectivity index (χ2n) is 10.7. The van der Waals surface area contributed by atoms with E-state index < -0.39 is 35.6 Å². The first-order chi connectivity index (χ1) is 18.3. The molecule has 0 aliphatic carbocycles. The van der Waals surface area contributed by atoms with Gasteiger partial charge in [0.25, 0.3) is 11.8 Å². The van der Waals surface area contributed by atoms with Crippen LogP contribution in [0, 0.1) is 25.3 Å². The van der Waals surface area contributed by atoms with Crippen molar-refractivity contribution >= 4 is 34.4 Å².